The molecule has 0 spiro atoms. The lowest BCUT2D eigenvalue weighted by Gasteiger charge is -2.09. The lowest BCUT2D eigenvalue weighted by Crippen LogP contribution is -2.04. The summed E-state index contributed by atoms with van der Waals surface area (Å²) >= 11 is 0. The smallest absolute Gasteiger partial charge is 0.354 e. The molecule has 124 valence electrons. The van der Waals surface area contributed by atoms with Gasteiger partial charge in [0.05, 0.1) is 11.3 Å². The fourth-order valence-corrected chi connectivity index (χ4v) is 3.09. The van der Waals surface area contributed by atoms with Gasteiger partial charge in [0, 0.05) is 16.5 Å². The largest absolute Gasteiger partial charge is 0.416 e. The number of H-pyrrole nitrogens is 1. The van der Waals surface area contributed by atoms with Gasteiger partial charge in [0.25, 0.3) is 0 Å². The Hall–Kier alpha value is -3.01. The van der Waals surface area contributed by atoms with Gasteiger partial charge in [-0.05, 0) is 29.3 Å². The molecule has 1 aromatic heterocycles. The average molecular weight is 337 g/mol. The van der Waals surface area contributed by atoms with E-state index < -0.39 is 11.7 Å². The Morgan fingerprint density at radius 2 is 1.28 bits per heavy atom. The Morgan fingerprint density at radius 1 is 0.640 bits per heavy atom. The summed E-state index contributed by atoms with van der Waals surface area (Å²) in [6, 6.07) is 22.9. The third-order valence-electron chi connectivity index (χ3n) is 4.27. The van der Waals surface area contributed by atoms with Crippen molar-refractivity contribution in [1.29, 1.82) is 0 Å². The number of halogens is 3. The molecular formula is C21H14F3N. The molecule has 0 aliphatic heterocycles. The van der Waals surface area contributed by atoms with Gasteiger partial charge >= 0.3 is 6.18 Å². The lowest BCUT2D eigenvalue weighted by atomic mass is 9.97. The van der Waals surface area contributed by atoms with Crippen molar-refractivity contribution in [2.75, 3.05) is 0 Å². The van der Waals surface area contributed by atoms with Crippen LogP contribution in [0.5, 0.6) is 0 Å². The second-order valence-corrected chi connectivity index (χ2v) is 5.86. The minimum Gasteiger partial charge on any atom is -0.354 e. The molecule has 0 unspecified atom stereocenters. The van der Waals surface area contributed by atoms with Gasteiger partial charge in [0.15, 0.2) is 0 Å². The van der Waals surface area contributed by atoms with Crippen LogP contribution in [0.15, 0.2) is 78.9 Å². The Bertz CT molecular complexity index is 1010. The van der Waals surface area contributed by atoms with Crippen LogP contribution < -0.4 is 0 Å². The van der Waals surface area contributed by atoms with E-state index >= 15 is 0 Å². The number of nitrogens with one attached hydrogen (secondary N) is 1. The maximum absolute atomic E-state index is 12.9. The van der Waals surface area contributed by atoms with Gasteiger partial charge in [-0.2, -0.15) is 13.2 Å². The summed E-state index contributed by atoms with van der Waals surface area (Å²) in [5, 5.41) is 0.987. The van der Waals surface area contributed by atoms with Gasteiger partial charge in [-0.3, -0.25) is 0 Å². The van der Waals surface area contributed by atoms with Crippen molar-refractivity contribution in [1.82, 2.24) is 4.98 Å². The normalized spacial score (nSPS) is 11.8. The molecule has 3 aromatic carbocycles. The second kappa shape index (κ2) is 5.81. The first-order valence-corrected chi connectivity index (χ1v) is 7.88. The van der Waals surface area contributed by atoms with E-state index in [2.05, 4.69) is 4.98 Å². The van der Waals surface area contributed by atoms with E-state index in [1.54, 1.807) is 0 Å². The first-order valence-electron chi connectivity index (χ1n) is 7.88. The zero-order valence-corrected chi connectivity index (χ0v) is 13.1. The minimum absolute atomic E-state index is 0.641. The summed E-state index contributed by atoms with van der Waals surface area (Å²) in [4.78, 5) is 3.40. The molecule has 0 fully saturated rings. The van der Waals surface area contributed by atoms with E-state index in [0.29, 0.717) is 0 Å². The van der Waals surface area contributed by atoms with Crippen LogP contribution in [-0.4, -0.2) is 4.98 Å². The molecule has 0 radical (unpaired) electrons. The predicted octanol–water partition coefficient (Wildman–Crippen LogP) is 6.52. The molecule has 4 rings (SSSR count). The van der Waals surface area contributed by atoms with E-state index in [9.17, 15) is 13.2 Å². The number of aromatic amines is 1. The maximum Gasteiger partial charge on any atom is 0.416 e. The highest BCUT2D eigenvalue weighted by atomic mass is 19.4. The second-order valence-electron chi connectivity index (χ2n) is 5.86. The zero-order chi connectivity index (χ0) is 17.4. The number of para-hydroxylation sites is 1. The van der Waals surface area contributed by atoms with Crippen LogP contribution in [0.4, 0.5) is 13.2 Å². The molecule has 1 N–H and O–H groups in total. The van der Waals surface area contributed by atoms with Crippen molar-refractivity contribution >= 4 is 10.9 Å². The van der Waals surface area contributed by atoms with Crippen LogP contribution >= 0.6 is 0 Å². The summed E-state index contributed by atoms with van der Waals surface area (Å²) < 4.78 is 38.6. The number of aromatic nitrogens is 1. The Balaban J connectivity index is 1.94. The Labute approximate surface area is 142 Å². The molecule has 1 nitrogen and oxygen atoms in total. The molecule has 1 heterocycles. The topological polar surface area (TPSA) is 15.8 Å². The van der Waals surface area contributed by atoms with Crippen LogP contribution in [-0.2, 0) is 6.18 Å². The van der Waals surface area contributed by atoms with E-state index in [-0.39, 0.29) is 0 Å². The standard InChI is InChI=1S/C21H14F3N/c22-21(23,24)16-12-10-14(11-13-16)19-17-8-4-5-9-18(17)25-20(19)15-6-2-1-3-7-15/h1-13,25H. The molecule has 0 saturated heterocycles. The highest BCUT2D eigenvalue weighted by molar-refractivity contribution is 6.03. The van der Waals surface area contributed by atoms with Crippen molar-refractivity contribution in [3.05, 3.63) is 84.4 Å². The minimum atomic E-state index is -4.33. The number of alkyl halides is 3. The molecule has 4 heteroatoms. The quantitative estimate of drug-likeness (QED) is 0.428. The Kier molecular flexibility index (Phi) is 3.61. The molecule has 0 atom stereocenters. The average Bonchev–Trinajstić information content (AvgIpc) is 3.01. The monoisotopic (exact) mass is 337 g/mol. The summed E-state index contributed by atoms with van der Waals surface area (Å²) in [6.45, 7) is 0. The zero-order valence-electron chi connectivity index (χ0n) is 13.1. The van der Waals surface area contributed by atoms with Gasteiger partial charge in [0.1, 0.15) is 0 Å². The fraction of sp³-hybridized carbons (Fsp3) is 0.0476. The maximum atomic E-state index is 12.9. The van der Waals surface area contributed by atoms with Gasteiger partial charge in [0.2, 0.25) is 0 Å². The first kappa shape index (κ1) is 15.5. The number of benzene rings is 3. The molecule has 0 saturated carbocycles. The Morgan fingerprint density at radius 3 is 1.96 bits per heavy atom. The van der Waals surface area contributed by atoms with Crippen molar-refractivity contribution in [3.63, 3.8) is 0 Å². The first-order chi connectivity index (χ1) is 12.0. The highest BCUT2D eigenvalue weighted by Gasteiger charge is 2.30. The number of rotatable bonds is 2. The van der Waals surface area contributed by atoms with Crippen molar-refractivity contribution < 1.29 is 13.2 Å². The summed E-state index contributed by atoms with van der Waals surface area (Å²) in [6.07, 6.45) is -4.33. The van der Waals surface area contributed by atoms with E-state index in [4.69, 9.17) is 0 Å². The van der Waals surface area contributed by atoms with Gasteiger partial charge < -0.3 is 4.98 Å². The number of hydrogen-bond acceptors (Lipinski definition) is 0. The molecule has 0 aliphatic carbocycles. The molecular weight excluding hydrogens is 323 g/mol. The van der Waals surface area contributed by atoms with Gasteiger partial charge in [-0.15, -0.1) is 0 Å². The van der Waals surface area contributed by atoms with Crippen molar-refractivity contribution in [3.8, 4) is 22.4 Å². The van der Waals surface area contributed by atoms with Crippen LogP contribution in [0.25, 0.3) is 33.3 Å². The van der Waals surface area contributed by atoms with Crippen LogP contribution in [0.1, 0.15) is 5.56 Å². The van der Waals surface area contributed by atoms with Crippen LogP contribution in [0, 0.1) is 0 Å². The fourth-order valence-electron chi connectivity index (χ4n) is 3.09. The van der Waals surface area contributed by atoms with Crippen LogP contribution in [0.3, 0.4) is 0 Å². The van der Waals surface area contributed by atoms with Crippen molar-refractivity contribution in [2.45, 2.75) is 6.18 Å². The van der Waals surface area contributed by atoms with Gasteiger partial charge in [-0.1, -0.05) is 60.7 Å². The molecule has 0 aliphatic rings. The third-order valence-corrected chi connectivity index (χ3v) is 4.27. The number of hydrogen-bond donors (Lipinski definition) is 1. The number of fused-ring (bicyclic) bond motifs is 1. The predicted molar refractivity (Wildman–Crippen MR) is 94.2 cm³/mol. The van der Waals surface area contributed by atoms with Crippen LogP contribution in [0.2, 0.25) is 0 Å². The summed E-state index contributed by atoms with van der Waals surface area (Å²) in [5.74, 6) is 0. The molecule has 0 bridgehead atoms. The highest BCUT2D eigenvalue weighted by Crippen LogP contribution is 2.39. The molecule has 0 amide bonds. The lowest BCUT2D eigenvalue weighted by molar-refractivity contribution is -0.137. The van der Waals surface area contributed by atoms with E-state index in [0.717, 1.165) is 45.4 Å². The van der Waals surface area contributed by atoms with Gasteiger partial charge in [-0.25, -0.2) is 0 Å². The molecule has 25 heavy (non-hydrogen) atoms. The summed E-state index contributed by atoms with van der Waals surface area (Å²) in [5.41, 5.74) is 3.88. The summed E-state index contributed by atoms with van der Waals surface area (Å²) in [7, 11) is 0. The van der Waals surface area contributed by atoms with Crippen molar-refractivity contribution in [2.24, 2.45) is 0 Å². The SMILES string of the molecule is FC(F)(F)c1ccc(-c2c(-c3ccccc3)[nH]c3ccccc23)cc1. The van der Waals surface area contributed by atoms with E-state index in [1.165, 1.54) is 12.1 Å². The third kappa shape index (κ3) is 2.80. The van der Waals surface area contributed by atoms with E-state index in [1.807, 2.05) is 54.6 Å². The molecule has 4 aromatic rings.